The second-order valence-corrected chi connectivity index (χ2v) is 5.42. The van der Waals surface area contributed by atoms with E-state index in [9.17, 15) is 9.59 Å². The van der Waals surface area contributed by atoms with Crippen LogP contribution in [0.25, 0.3) is 0 Å². The van der Waals surface area contributed by atoms with Gasteiger partial charge in [0.1, 0.15) is 0 Å². The van der Waals surface area contributed by atoms with Gasteiger partial charge in [0.2, 0.25) is 0 Å². The summed E-state index contributed by atoms with van der Waals surface area (Å²) in [5, 5.41) is 3.23. The summed E-state index contributed by atoms with van der Waals surface area (Å²) in [7, 11) is 0. The minimum absolute atomic E-state index is 0.221. The van der Waals surface area contributed by atoms with Crippen molar-refractivity contribution in [3.8, 4) is 0 Å². The molecule has 8 heteroatoms. The third kappa shape index (κ3) is 5.79. The topological polar surface area (TPSA) is 76.7 Å². The number of anilines is 1. The summed E-state index contributed by atoms with van der Waals surface area (Å²) in [6.45, 7) is 4.85. The Bertz CT molecular complexity index is 515. The zero-order chi connectivity index (χ0) is 16.0. The maximum absolute atomic E-state index is 11.7. The quantitative estimate of drug-likeness (QED) is 0.639. The molecule has 1 aromatic carbocycles. The number of urea groups is 1. The van der Waals surface area contributed by atoms with Crippen molar-refractivity contribution >= 4 is 40.9 Å². The molecule has 0 heterocycles. The molecule has 0 saturated heterocycles. The normalized spacial score (nSPS) is 10.9. The molecule has 2 N–H and O–H groups in total. The van der Waals surface area contributed by atoms with Gasteiger partial charge >= 0.3 is 12.0 Å². The maximum atomic E-state index is 11.7. The Balaban J connectivity index is 2.56. The number of nitrogens with one attached hydrogen (secondary N) is 2. The lowest BCUT2D eigenvalue weighted by atomic mass is 10.1. The van der Waals surface area contributed by atoms with Crippen LogP contribution in [-0.2, 0) is 14.4 Å². The van der Waals surface area contributed by atoms with Gasteiger partial charge in [0.05, 0.1) is 6.61 Å². The monoisotopic (exact) mass is 334 g/mol. The van der Waals surface area contributed by atoms with Crippen LogP contribution in [0.4, 0.5) is 10.5 Å². The molecule has 6 nitrogen and oxygen atoms in total. The molecule has 0 aliphatic rings. The molecule has 2 amide bonds. The Morgan fingerprint density at radius 3 is 2.29 bits per heavy atom. The van der Waals surface area contributed by atoms with Gasteiger partial charge in [-0.1, -0.05) is 23.2 Å². The number of rotatable bonds is 5. The average molecular weight is 335 g/mol. The van der Waals surface area contributed by atoms with Gasteiger partial charge in [0.15, 0.2) is 5.60 Å². The summed E-state index contributed by atoms with van der Waals surface area (Å²) >= 11 is 11.6. The Morgan fingerprint density at radius 1 is 1.19 bits per heavy atom. The van der Waals surface area contributed by atoms with Crippen molar-refractivity contribution in [2.24, 2.45) is 0 Å². The molecule has 0 spiro atoms. The lowest BCUT2D eigenvalue weighted by molar-refractivity contribution is -0.173. The number of carbonyl (C=O) groups is 2. The Hall–Kier alpha value is -1.50. The van der Waals surface area contributed by atoms with Crippen LogP contribution in [0.3, 0.4) is 0 Å². The molecule has 1 aromatic rings. The van der Waals surface area contributed by atoms with E-state index in [1.165, 1.54) is 32.0 Å². The molecule has 0 fully saturated rings. The zero-order valence-corrected chi connectivity index (χ0v) is 13.3. The van der Waals surface area contributed by atoms with Crippen LogP contribution in [0.5, 0.6) is 0 Å². The van der Waals surface area contributed by atoms with E-state index in [4.69, 9.17) is 32.8 Å². The highest BCUT2D eigenvalue weighted by atomic mass is 35.5. The van der Waals surface area contributed by atoms with Crippen LogP contribution < -0.4 is 10.8 Å². The molecule has 0 atom stereocenters. The molecule has 1 rings (SSSR count). The van der Waals surface area contributed by atoms with Crippen molar-refractivity contribution in [2.45, 2.75) is 26.4 Å². The van der Waals surface area contributed by atoms with E-state index in [0.29, 0.717) is 15.7 Å². The first-order valence-electron chi connectivity index (χ1n) is 6.13. The van der Waals surface area contributed by atoms with Crippen LogP contribution in [-0.4, -0.2) is 24.2 Å². The number of ether oxygens (including phenoxy) is 1. The average Bonchev–Trinajstić information content (AvgIpc) is 2.35. The molecule has 0 aliphatic carbocycles. The predicted octanol–water partition coefficient (Wildman–Crippen LogP) is 3.39. The first-order valence-corrected chi connectivity index (χ1v) is 6.88. The number of hydrogen-bond acceptors (Lipinski definition) is 4. The number of carbonyl (C=O) groups excluding carboxylic acids is 2. The summed E-state index contributed by atoms with van der Waals surface area (Å²) in [6, 6.07) is 3.89. The summed E-state index contributed by atoms with van der Waals surface area (Å²) in [5.74, 6) is -0.587. The van der Waals surface area contributed by atoms with Crippen molar-refractivity contribution in [2.75, 3.05) is 11.9 Å². The molecule has 0 aliphatic heterocycles. The Labute approximate surface area is 132 Å². The van der Waals surface area contributed by atoms with Crippen molar-refractivity contribution in [1.82, 2.24) is 5.48 Å². The van der Waals surface area contributed by atoms with Gasteiger partial charge in [0, 0.05) is 15.7 Å². The van der Waals surface area contributed by atoms with Crippen LogP contribution in [0, 0.1) is 0 Å². The number of amides is 2. The third-order valence-corrected chi connectivity index (χ3v) is 2.72. The highest BCUT2D eigenvalue weighted by Gasteiger charge is 2.31. The summed E-state index contributed by atoms with van der Waals surface area (Å²) in [6.07, 6.45) is 0. The fraction of sp³-hybridized carbons (Fsp3) is 0.385. The van der Waals surface area contributed by atoms with Crippen LogP contribution >= 0.6 is 23.2 Å². The van der Waals surface area contributed by atoms with E-state index in [2.05, 4.69) is 10.8 Å². The van der Waals surface area contributed by atoms with Gasteiger partial charge in [-0.3, -0.25) is 4.84 Å². The summed E-state index contributed by atoms with van der Waals surface area (Å²) in [4.78, 5) is 28.3. The lowest BCUT2D eigenvalue weighted by Gasteiger charge is -2.22. The second kappa shape index (κ2) is 7.49. The SMILES string of the molecule is CCOC(=O)C(C)(C)ONC(=O)Nc1cc(Cl)cc(Cl)c1. The number of halogens is 2. The van der Waals surface area contributed by atoms with Gasteiger partial charge in [-0.2, -0.15) is 0 Å². The van der Waals surface area contributed by atoms with E-state index < -0.39 is 17.6 Å². The molecular formula is C13H16Cl2N2O4. The molecule has 0 unspecified atom stereocenters. The standard InChI is InChI=1S/C13H16Cl2N2O4/c1-4-20-11(18)13(2,3)21-17-12(19)16-10-6-8(14)5-9(15)7-10/h5-7H,4H2,1-3H3,(H2,16,17,19). The molecule has 0 saturated carbocycles. The molecule has 0 aromatic heterocycles. The Kier molecular flexibility index (Phi) is 6.26. The lowest BCUT2D eigenvalue weighted by Crippen LogP contribution is -2.44. The van der Waals surface area contributed by atoms with Crippen molar-refractivity contribution < 1.29 is 19.2 Å². The predicted molar refractivity (Wildman–Crippen MR) is 80.4 cm³/mol. The summed E-state index contributed by atoms with van der Waals surface area (Å²) in [5.41, 5.74) is 1.20. The van der Waals surface area contributed by atoms with Gasteiger partial charge in [-0.05, 0) is 39.0 Å². The minimum atomic E-state index is -1.31. The van der Waals surface area contributed by atoms with Gasteiger partial charge in [-0.25, -0.2) is 15.1 Å². The number of hydroxylamine groups is 1. The van der Waals surface area contributed by atoms with E-state index in [1.54, 1.807) is 6.92 Å². The fourth-order valence-electron chi connectivity index (χ4n) is 1.30. The van der Waals surface area contributed by atoms with Crippen molar-refractivity contribution in [1.29, 1.82) is 0 Å². The molecular weight excluding hydrogens is 319 g/mol. The van der Waals surface area contributed by atoms with Crippen molar-refractivity contribution in [3.63, 3.8) is 0 Å². The molecule has 21 heavy (non-hydrogen) atoms. The third-order valence-electron chi connectivity index (χ3n) is 2.29. The fourth-order valence-corrected chi connectivity index (χ4v) is 1.83. The first-order chi connectivity index (χ1) is 9.74. The number of benzene rings is 1. The van der Waals surface area contributed by atoms with E-state index in [-0.39, 0.29) is 6.61 Å². The number of esters is 1. The smallest absolute Gasteiger partial charge is 0.343 e. The van der Waals surface area contributed by atoms with Crippen LogP contribution in [0.1, 0.15) is 20.8 Å². The molecule has 116 valence electrons. The molecule has 0 radical (unpaired) electrons. The second-order valence-electron chi connectivity index (χ2n) is 4.55. The van der Waals surface area contributed by atoms with Gasteiger partial charge in [0.25, 0.3) is 0 Å². The largest absolute Gasteiger partial charge is 0.464 e. The maximum Gasteiger partial charge on any atom is 0.343 e. The number of hydrogen-bond donors (Lipinski definition) is 2. The minimum Gasteiger partial charge on any atom is -0.464 e. The van der Waals surface area contributed by atoms with Crippen molar-refractivity contribution in [3.05, 3.63) is 28.2 Å². The van der Waals surface area contributed by atoms with Crippen LogP contribution in [0.15, 0.2) is 18.2 Å². The first kappa shape index (κ1) is 17.6. The zero-order valence-electron chi connectivity index (χ0n) is 11.8. The van der Waals surface area contributed by atoms with Gasteiger partial charge in [-0.15, -0.1) is 0 Å². The highest BCUT2D eigenvalue weighted by molar-refractivity contribution is 6.35. The molecule has 0 bridgehead atoms. The van der Waals surface area contributed by atoms with E-state index in [0.717, 1.165) is 0 Å². The summed E-state index contributed by atoms with van der Waals surface area (Å²) < 4.78 is 4.82. The highest BCUT2D eigenvalue weighted by Crippen LogP contribution is 2.22. The van der Waals surface area contributed by atoms with Gasteiger partial charge < -0.3 is 10.1 Å². The Morgan fingerprint density at radius 2 is 1.76 bits per heavy atom. The van der Waals surface area contributed by atoms with Crippen LogP contribution in [0.2, 0.25) is 10.0 Å². The van der Waals surface area contributed by atoms with E-state index >= 15 is 0 Å². The van der Waals surface area contributed by atoms with E-state index in [1.807, 2.05) is 0 Å².